The van der Waals surface area contributed by atoms with E-state index in [9.17, 15) is 18.4 Å². The maximum absolute atomic E-state index is 13.8. The molecule has 2 amide bonds. The lowest BCUT2D eigenvalue weighted by molar-refractivity contribution is -0.136. The van der Waals surface area contributed by atoms with Crippen LogP contribution in [0.2, 0.25) is 5.02 Å². The first-order valence-corrected chi connectivity index (χ1v) is 9.36. The van der Waals surface area contributed by atoms with Gasteiger partial charge in [0.25, 0.3) is 0 Å². The highest BCUT2D eigenvalue weighted by molar-refractivity contribution is 6.39. The Bertz CT molecular complexity index is 1120. The number of nitrogens with zero attached hydrogens (tertiary/aromatic N) is 1. The standard InChI is InChI=1S/C22H16ClF2N3O3/c23-17-7-4-9-18(24)16(17)13-31-15-6-3-5-14(11-15)12-26-28-22(30)21(29)27-20-10-2-1-8-19(20)25/h1-12H,13H2,(H,27,29)(H,28,30)/b26-12+. The predicted octanol–water partition coefficient (Wildman–Crippen LogP) is 4.29. The Morgan fingerprint density at radius 2 is 1.71 bits per heavy atom. The molecule has 0 saturated heterocycles. The molecule has 0 aromatic heterocycles. The number of anilines is 1. The van der Waals surface area contributed by atoms with Crippen LogP contribution in [0.4, 0.5) is 14.5 Å². The summed E-state index contributed by atoms with van der Waals surface area (Å²) in [6.45, 7) is -0.0704. The van der Waals surface area contributed by atoms with Crippen LogP contribution in [0.25, 0.3) is 0 Å². The Kier molecular flexibility index (Phi) is 7.29. The van der Waals surface area contributed by atoms with Gasteiger partial charge in [-0.1, -0.05) is 41.9 Å². The van der Waals surface area contributed by atoms with Crippen LogP contribution in [0.1, 0.15) is 11.1 Å². The Morgan fingerprint density at radius 3 is 2.48 bits per heavy atom. The summed E-state index contributed by atoms with van der Waals surface area (Å²) < 4.78 is 32.9. The van der Waals surface area contributed by atoms with Crippen molar-refractivity contribution in [2.75, 3.05) is 5.32 Å². The topological polar surface area (TPSA) is 79.8 Å². The number of benzene rings is 3. The molecule has 0 bridgehead atoms. The first kappa shape index (κ1) is 21.9. The third-order valence-corrected chi connectivity index (χ3v) is 4.37. The van der Waals surface area contributed by atoms with Gasteiger partial charge in [-0.25, -0.2) is 14.2 Å². The van der Waals surface area contributed by atoms with Gasteiger partial charge < -0.3 is 10.1 Å². The number of hydrogen-bond acceptors (Lipinski definition) is 4. The maximum Gasteiger partial charge on any atom is 0.329 e. The molecule has 3 aromatic carbocycles. The maximum atomic E-state index is 13.8. The summed E-state index contributed by atoms with van der Waals surface area (Å²) in [5.41, 5.74) is 2.71. The van der Waals surface area contributed by atoms with Crippen molar-refractivity contribution in [2.24, 2.45) is 5.10 Å². The van der Waals surface area contributed by atoms with E-state index in [4.69, 9.17) is 16.3 Å². The quantitative estimate of drug-likeness (QED) is 0.339. The molecule has 0 aliphatic heterocycles. The van der Waals surface area contributed by atoms with Crippen LogP contribution in [0, 0.1) is 11.6 Å². The molecule has 158 valence electrons. The Morgan fingerprint density at radius 1 is 0.968 bits per heavy atom. The molecule has 0 heterocycles. The molecular weight excluding hydrogens is 428 g/mol. The Balaban J connectivity index is 1.56. The van der Waals surface area contributed by atoms with E-state index in [1.165, 1.54) is 36.5 Å². The number of hydrazone groups is 1. The Hall–Kier alpha value is -3.78. The molecule has 0 fully saturated rings. The van der Waals surface area contributed by atoms with Crippen LogP contribution >= 0.6 is 11.6 Å². The second-order valence-corrected chi connectivity index (χ2v) is 6.60. The van der Waals surface area contributed by atoms with Gasteiger partial charge in [0, 0.05) is 5.56 Å². The van der Waals surface area contributed by atoms with Crippen LogP contribution in [0.15, 0.2) is 71.8 Å². The van der Waals surface area contributed by atoms with Crippen molar-refractivity contribution in [3.05, 3.63) is 94.5 Å². The van der Waals surface area contributed by atoms with Crippen molar-refractivity contribution in [2.45, 2.75) is 6.61 Å². The van der Waals surface area contributed by atoms with Crippen LogP contribution < -0.4 is 15.5 Å². The molecule has 0 unspecified atom stereocenters. The van der Waals surface area contributed by atoms with Gasteiger partial charge in [-0.05, 0) is 42.0 Å². The highest BCUT2D eigenvalue weighted by Gasteiger charge is 2.14. The lowest BCUT2D eigenvalue weighted by atomic mass is 10.2. The third-order valence-electron chi connectivity index (χ3n) is 4.01. The lowest BCUT2D eigenvalue weighted by Gasteiger charge is -2.09. The number of carbonyl (C=O) groups excluding carboxylic acids is 2. The van der Waals surface area contributed by atoms with Gasteiger partial charge in [0.2, 0.25) is 0 Å². The number of nitrogens with one attached hydrogen (secondary N) is 2. The molecular formula is C22H16ClF2N3O3. The summed E-state index contributed by atoms with van der Waals surface area (Å²) in [4.78, 5) is 23.6. The minimum Gasteiger partial charge on any atom is -0.489 e. The van der Waals surface area contributed by atoms with E-state index in [1.807, 2.05) is 0 Å². The van der Waals surface area contributed by atoms with Gasteiger partial charge >= 0.3 is 11.8 Å². The van der Waals surface area contributed by atoms with Crippen molar-refractivity contribution in [3.8, 4) is 5.75 Å². The largest absolute Gasteiger partial charge is 0.489 e. The molecule has 3 rings (SSSR count). The zero-order valence-corrected chi connectivity index (χ0v) is 16.7. The van der Waals surface area contributed by atoms with E-state index >= 15 is 0 Å². The minimum atomic E-state index is -1.07. The van der Waals surface area contributed by atoms with Crippen LogP contribution in [0.5, 0.6) is 5.75 Å². The van der Waals surface area contributed by atoms with Crippen LogP contribution in [-0.4, -0.2) is 18.0 Å². The van der Waals surface area contributed by atoms with Crippen molar-refractivity contribution in [1.82, 2.24) is 5.43 Å². The SMILES string of the molecule is O=C(N/N=C/c1cccc(OCc2c(F)cccc2Cl)c1)C(=O)Nc1ccccc1F. The highest BCUT2D eigenvalue weighted by Crippen LogP contribution is 2.21. The number of hydrogen-bond donors (Lipinski definition) is 2. The van der Waals surface area contributed by atoms with E-state index in [2.05, 4.69) is 15.8 Å². The fraction of sp³-hybridized carbons (Fsp3) is 0.0455. The summed E-state index contributed by atoms with van der Waals surface area (Å²) in [5, 5.41) is 6.10. The summed E-state index contributed by atoms with van der Waals surface area (Å²) in [6, 6.07) is 16.4. The molecule has 9 heteroatoms. The second-order valence-electron chi connectivity index (χ2n) is 6.19. The zero-order valence-electron chi connectivity index (χ0n) is 15.9. The number of ether oxygens (including phenoxy) is 1. The van der Waals surface area contributed by atoms with Crippen molar-refractivity contribution < 1.29 is 23.1 Å². The molecule has 6 nitrogen and oxygen atoms in total. The van der Waals surface area contributed by atoms with E-state index in [-0.39, 0.29) is 22.9 Å². The highest BCUT2D eigenvalue weighted by atomic mass is 35.5. The van der Waals surface area contributed by atoms with E-state index in [0.717, 1.165) is 6.07 Å². The lowest BCUT2D eigenvalue weighted by Crippen LogP contribution is -2.32. The smallest absolute Gasteiger partial charge is 0.329 e. The molecule has 0 aliphatic carbocycles. The average Bonchev–Trinajstić information content (AvgIpc) is 2.75. The summed E-state index contributed by atoms with van der Waals surface area (Å²) >= 11 is 5.98. The number of rotatable bonds is 6. The van der Waals surface area contributed by atoms with E-state index < -0.39 is 23.4 Å². The van der Waals surface area contributed by atoms with Crippen LogP contribution in [-0.2, 0) is 16.2 Å². The first-order chi connectivity index (χ1) is 14.9. The van der Waals surface area contributed by atoms with Crippen LogP contribution in [0.3, 0.4) is 0 Å². The minimum absolute atomic E-state index is 0.0704. The first-order valence-electron chi connectivity index (χ1n) is 8.98. The van der Waals surface area contributed by atoms with Gasteiger partial charge in [-0.3, -0.25) is 9.59 Å². The van der Waals surface area contributed by atoms with Gasteiger partial charge in [0.15, 0.2) is 0 Å². The number of carbonyl (C=O) groups is 2. The van der Waals surface area contributed by atoms with Crippen molar-refractivity contribution in [3.63, 3.8) is 0 Å². The fourth-order valence-electron chi connectivity index (χ4n) is 2.47. The molecule has 2 N–H and O–H groups in total. The molecule has 0 saturated carbocycles. The van der Waals surface area contributed by atoms with Gasteiger partial charge in [0.05, 0.1) is 16.9 Å². The van der Waals surface area contributed by atoms with E-state index in [1.54, 1.807) is 30.3 Å². The average molecular weight is 444 g/mol. The predicted molar refractivity (Wildman–Crippen MR) is 113 cm³/mol. The third kappa shape index (κ3) is 6.10. The monoisotopic (exact) mass is 443 g/mol. The molecule has 0 spiro atoms. The summed E-state index contributed by atoms with van der Waals surface area (Å²) in [5.74, 6) is -2.85. The molecule has 0 radical (unpaired) electrons. The van der Waals surface area contributed by atoms with Crippen molar-refractivity contribution in [1.29, 1.82) is 0 Å². The van der Waals surface area contributed by atoms with Gasteiger partial charge in [0.1, 0.15) is 24.0 Å². The fourth-order valence-corrected chi connectivity index (χ4v) is 2.69. The number of para-hydroxylation sites is 1. The summed E-state index contributed by atoms with van der Waals surface area (Å²) in [7, 11) is 0. The second kappa shape index (κ2) is 10.3. The molecule has 0 aliphatic rings. The molecule has 3 aromatic rings. The Labute approximate surface area is 181 Å². The number of halogens is 3. The molecule has 0 atom stereocenters. The van der Waals surface area contributed by atoms with Crippen molar-refractivity contribution >= 4 is 35.3 Å². The van der Waals surface area contributed by atoms with Gasteiger partial charge in [-0.2, -0.15) is 5.10 Å². The van der Waals surface area contributed by atoms with Gasteiger partial charge in [-0.15, -0.1) is 0 Å². The zero-order chi connectivity index (χ0) is 22.2. The summed E-state index contributed by atoms with van der Waals surface area (Å²) in [6.07, 6.45) is 1.29. The van der Waals surface area contributed by atoms with E-state index in [0.29, 0.717) is 11.3 Å². The molecule has 31 heavy (non-hydrogen) atoms. The number of amides is 2. The normalized spacial score (nSPS) is 10.7.